The molecule has 128 valence electrons. The van der Waals surface area contributed by atoms with Gasteiger partial charge in [-0.3, -0.25) is 4.39 Å². The SMILES string of the molecule is CC[C@H]1CC[C@H](C2CCC(CC/C=C/CCCF)CC2)CC1. The largest absolute Gasteiger partial charge is 0.251 e. The van der Waals surface area contributed by atoms with Crippen LogP contribution in [0.2, 0.25) is 0 Å². The molecule has 2 aliphatic carbocycles. The molecule has 22 heavy (non-hydrogen) atoms. The Bertz CT molecular complexity index is 293. The number of unbranched alkanes of at least 4 members (excludes halogenated alkanes) is 1. The number of halogens is 1. The Morgan fingerprint density at radius 3 is 1.86 bits per heavy atom. The van der Waals surface area contributed by atoms with Crippen molar-refractivity contribution in [2.24, 2.45) is 23.7 Å². The highest BCUT2D eigenvalue weighted by Crippen LogP contribution is 2.42. The summed E-state index contributed by atoms with van der Waals surface area (Å²) in [6.07, 6.45) is 22.0. The summed E-state index contributed by atoms with van der Waals surface area (Å²) in [5.74, 6) is 4.12. The summed E-state index contributed by atoms with van der Waals surface area (Å²) < 4.78 is 12.0. The lowest BCUT2D eigenvalue weighted by Gasteiger charge is -2.37. The standard InChI is InChI=1S/C21H37F/c1-2-18-9-13-20(14-10-18)21-15-11-19(12-16-21)8-6-4-3-5-7-17-22/h3-4,18-21H,2,5-17H2,1H3/b4-3+/t18-,19?,20-,21?. The Kier molecular flexibility index (Phi) is 8.55. The first-order valence-electron chi connectivity index (χ1n) is 10.0. The van der Waals surface area contributed by atoms with Crippen molar-refractivity contribution in [3.63, 3.8) is 0 Å². The molecule has 0 N–H and O–H groups in total. The minimum absolute atomic E-state index is 0.172. The minimum Gasteiger partial charge on any atom is -0.251 e. The van der Waals surface area contributed by atoms with Gasteiger partial charge >= 0.3 is 0 Å². The zero-order valence-electron chi connectivity index (χ0n) is 14.7. The Labute approximate surface area is 138 Å². The van der Waals surface area contributed by atoms with Crippen LogP contribution in [0.25, 0.3) is 0 Å². The zero-order valence-corrected chi connectivity index (χ0v) is 14.7. The molecule has 0 unspecified atom stereocenters. The van der Waals surface area contributed by atoms with Crippen LogP contribution in [0.1, 0.15) is 90.4 Å². The smallest absolute Gasteiger partial charge is 0.0897 e. The fourth-order valence-corrected chi connectivity index (χ4v) is 4.78. The molecular weight excluding hydrogens is 271 g/mol. The first-order valence-corrected chi connectivity index (χ1v) is 10.0. The average molecular weight is 309 g/mol. The molecule has 2 aliphatic rings. The maximum atomic E-state index is 12.0. The molecule has 0 atom stereocenters. The molecule has 2 rings (SSSR count). The molecule has 0 heterocycles. The van der Waals surface area contributed by atoms with E-state index in [2.05, 4.69) is 19.1 Å². The van der Waals surface area contributed by atoms with Crippen LogP contribution in [0.4, 0.5) is 4.39 Å². The summed E-state index contributed by atoms with van der Waals surface area (Å²) in [5.41, 5.74) is 0. The molecule has 1 heteroatoms. The van der Waals surface area contributed by atoms with Crippen LogP contribution in [-0.4, -0.2) is 6.67 Å². The van der Waals surface area contributed by atoms with E-state index in [1.165, 1.54) is 70.6 Å². The maximum Gasteiger partial charge on any atom is 0.0897 e. The van der Waals surface area contributed by atoms with Crippen molar-refractivity contribution in [1.82, 2.24) is 0 Å². The van der Waals surface area contributed by atoms with Crippen LogP contribution in [0.15, 0.2) is 12.2 Å². The zero-order chi connectivity index (χ0) is 15.6. The second kappa shape index (κ2) is 10.4. The van der Waals surface area contributed by atoms with E-state index in [4.69, 9.17) is 0 Å². The normalized spacial score (nSPS) is 33.4. The molecule has 0 spiro atoms. The molecule has 0 radical (unpaired) electrons. The molecule has 0 nitrogen and oxygen atoms in total. The molecule has 2 fully saturated rings. The van der Waals surface area contributed by atoms with Crippen molar-refractivity contribution in [3.8, 4) is 0 Å². The summed E-state index contributed by atoms with van der Waals surface area (Å²) in [6.45, 7) is 2.19. The highest BCUT2D eigenvalue weighted by molar-refractivity contribution is 4.85. The molecular formula is C21H37F. The Hall–Kier alpha value is -0.330. The fraction of sp³-hybridized carbons (Fsp3) is 0.905. The average Bonchev–Trinajstić information content (AvgIpc) is 2.59. The van der Waals surface area contributed by atoms with Crippen LogP contribution in [0.3, 0.4) is 0 Å². The van der Waals surface area contributed by atoms with Crippen LogP contribution < -0.4 is 0 Å². The van der Waals surface area contributed by atoms with Crippen LogP contribution in [-0.2, 0) is 0 Å². The molecule has 0 aromatic carbocycles. The molecule has 0 saturated heterocycles. The van der Waals surface area contributed by atoms with Gasteiger partial charge in [0, 0.05) is 0 Å². The summed E-state index contributed by atoms with van der Waals surface area (Å²) in [7, 11) is 0. The van der Waals surface area contributed by atoms with Crippen molar-refractivity contribution in [3.05, 3.63) is 12.2 Å². The van der Waals surface area contributed by atoms with E-state index in [1.54, 1.807) is 0 Å². The molecule has 0 bridgehead atoms. The van der Waals surface area contributed by atoms with E-state index < -0.39 is 0 Å². The molecule has 0 aliphatic heterocycles. The Morgan fingerprint density at radius 2 is 1.32 bits per heavy atom. The van der Waals surface area contributed by atoms with Gasteiger partial charge in [-0.2, -0.15) is 0 Å². The molecule has 0 amide bonds. The van der Waals surface area contributed by atoms with Gasteiger partial charge in [0.15, 0.2) is 0 Å². The van der Waals surface area contributed by atoms with E-state index in [-0.39, 0.29) is 6.67 Å². The van der Waals surface area contributed by atoms with Crippen molar-refractivity contribution >= 4 is 0 Å². The minimum atomic E-state index is -0.172. The predicted octanol–water partition coefficient (Wildman–Crippen LogP) is 7.10. The number of alkyl halides is 1. The molecule has 2 saturated carbocycles. The monoisotopic (exact) mass is 308 g/mol. The van der Waals surface area contributed by atoms with E-state index in [0.29, 0.717) is 6.42 Å². The van der Waals surface area contributed by atoms with Crippen LogP contribution in [0.5, 0.6) is 0 Å². The van der Waals surface area contributed by atoms with Crippen molar-refractivity contribution in [2.45, 2.75) is 90.4 Å². The maximum absolute atomic E-state index is 12.0. The summed E-state index contributed by atoms with van der Waals surface area (Å²) >= 11 is 0. The highest BCUT2D eigenvalue weighted by Gasteiger charge is 2.30. The van der Waals surface area contributed by atoms with Gasteiger partial charge in [-0.1, -0.05) is 51.2 Å². The lowest BCUT2D eigenvalue weighted by molar-refractivity contribution is 0.143. The first kappa shape index (κ1) is 18.0. The van der Waals surface area contributed by atoms with E-state index >= 15 is 0 Å². The summed E-state index contributed by atoms with van der Waals surface area (Å²) in [4.78, 5) is 0. The summed E-state index contributed by atoms with van der Waals surface area (Å²) in [5, 5.41) is 0. The van der Waals surface area contributed by atoms with E-state index in [9.17, 15) is 4.39 Å². The van der Waals surface area contributed by atoms with Gasteiger partial charge in [0.2, 0.25) is 0 Å². The lowest BCUT2D eigenvalue weighted by atomic mass is 9.68. The molecule has 0 aromatic heterocycles. The Morgan fingerprint density at radius 1 is 0.773 bits per heavy atom. The van der Waals surface area contributed by atoms with Crippen molar-refractivity contribution in [2.75, 3.05) is 6.67 Å². The van der Waals surface area contributed by atoms with Crippen molar-refractivity contribution < 1.29 is 4.39 Å². The van der Waals surface area contributed by atoms with Crippen molar-refractivity contribution in [1.29, 1.82) is 0 Å². The number of hydrogen-bond donors (Lipinski definition) is 0. The Balaban J connectivity index is 1.57. The van der Waals surface area contributed by atoms with Gasteiger partial charge in [-0.25, -0.2) is 0 Å². The number of hydrogen-bond acceptors (Lipinski definition) is 0. The third-order valence-corrected chi connectivity index (χ3v) is 6.44. The topological polar surface area (TPSA) is 0 Å². The van der Waals surface area contributed by atoms with Gasteiger partial charge in [-0.05, 0) is 75.0 Å². The van der Waals surface area contributed by atoms with Gasteiger partial charge in [0.25, 0.3) is 0 Å². The van der Waals surface area contributed by atoms with Gasteiger partial charge in [-0.15, -0.1) is 0 Å². The fourth-order valence-electron chi connectivity index (χ4n) is 4.78. The lowest BCUT2D eigenvalue weighted by Crippen LogP contribution is -2.25. The second-order valence-corrected chi connectivity index (χ2v) is 7.85. The van der Waals surface area contributed by atoms with Gasteiger partial charge < -0.3 is 0 Å². The second-order valence-electron chi connectivity index (χ2n) is 7.85. The van der Waals surface area contributed by atoms with Gasteiger partial charge in [0.1, 0.15) is 0 Å². The highest BCUT2D eigenvalue weighted by atomic mass is 19.1. The van der Waals surface area contributed by atoms with Gasteiger partial charge in [0.05, 0.1) is 6.67 Å². The first-order chi connectivity index (χ1) is 10.8. The van der Waals surface area contributed by atoms with E-state index in [1.807, 2.05) is 0 Å². The molecule has 0 aromatic rings. The number of rotatable bonds is 8. The summed E-state index contributed by atoms with van der Waals surface area (Å²) in [6, 6.07) is 0. The van der Waals surface area contributed by atoms with Crippen LogP contribution >= 0.6 is 0 Å². The van der Waals surface area contributed by atoms with Crippen LogP contribution in [0, 0.1) is 23.7 Å². The third kappa shape index (κ3) is 6.05. The third-order valence-electron chi connectivity index (χ3n) is 6.44. The van der Waals surface area contributed by atoms with E-state index in [0.717, 1.165) is 30.1 Å². The quantitative estimate of drug-likeness (QED) is 0.331. The number of allylic oxidation sites excluding steroid dienone is 2. The predicted molar refractivity (Wildman–Crippen MR) is 94.8 cm³/mol.